The second-order valence-electron chi connectivity index (χ2n) is 6.35. The van der Waals surface area contributed by atoms with Crippen LogP contribution < -0.4 is 16.0 Å². The number of carbonyl (C=O) groups excluding carboxylic acids is 2. The molecule has 4 N–H and O–H groups in total. The van der Waals surface area contributed by atoms with Gasteiger partial charge in [-0.15, -0.1) is 0 Å². The van der Waals surface area contributed by atoms with Crippen molar-refractivity contribution >= 4 is 11.9 Å². The summed E-state index contributed by atoms with van der Waals surface area (Å²) in [6.45, 7) is 3.71. The summed E-state index contributed by atoms with van der Waals surface area (Å²) >= 11 is 0. The SMILES string of the molecule is CCCNC(=O)NCC1OC2CC(CC(=O)NCCOC)OC2C1O. The first-order valence-corrected chi connectivity index (χ1v) is 8.81. The fraction of sp³-hybridized carbons (Fsp3) is 0.875. The van der Waals surface area contributed by atoms with E-state index < -0.39 is 18.3 Å². The second-order valence-corrected chi connectivity index (χ2v) is 6.35. The number of aliphatic hydroxyl groups excluding tert-OH is 1. The van der Waals surface area contributed by atoms with Gasteiger partial charge in [-0.25, -0.2) is 4.79 Å². The summed E-state index contributed by atoms with van der Waals surface area (Å²) in [4.78, 5) is 23.3. The van der Waals surface area contributed by atoms with Crippen LogP contribution in [0.1, 0.15) is 26.2 Å². The monoisotopic (exact) mass is 359 g/mol. The molecule has 0 radical (unpaired) electrons. The molecule has 5 unspecified atom stereocenters. The molecule has 9 nitrogen and oxygen atoms in total. The Hall–Kier alpha value is -1.42. The van der Waals surface area contributed by atoms with Crippen molar-refractivity contribution in [1.82, 2.24) is 16.0 Å². The molecule has 2 aliphatic heterocycles. The Bertz CT molecular complexity index is 450. The number of rotatable bonds is 9. The molecule has 3 amide bonds. The number of amides is 3. The average molecular weight is 359 g/mol. The van der Waals surface area contributed by atoms with Crippen molar-refractivity contribution < 1.29 is 28.9 Å². The van der Waals surface area contributed by atoms with E-state index in [0.717, 1.165) is 6.42 Å². The second kappa shape index (κ2) is 9.91. The third-order valence-corrected chi connectivity index (χ3v) is 4.32. The van der Waals surface area contributed by atoms with Gasteiger partial charge in [-0.05, 0) is 6.42 Å². The van der Waals surface area contributed by atoms with Crippen molar-refractivity contribution in [3.63, 3.8) is 0 Å². The lowest BCUT2D eigenvalue weighted by Gasteiger charge is -2.20. The molecule has 0 saturated carbocycles. The van der Waals surface area contributed by atoms with Crippen LogP contribution in [-0.4, -0.2) is 80.9 Å². The molecule has 0 spiro atoms. The molecular weight excluding hydrogens is 330 g/mol. The standard InChI is InChI=1S/C16H29N3O6/c1-3-4-18-16(22)19-9-12-14(21)15-11(25-12)7-10(24-15)8-13(20)17-5-6-23-2/h10-12,14-15,21H,3-9H2,1-2H3,(H,17,20)(H2,18,19,22). The van der Waals surface area contributed by atoms with Crippen molar-refractivity contribution in [3.05, 3.63) is 0 Å². The first-order chi connectivity index (χ1) is 12.0. The van der Waals surface area contributed by atoms with Gasteiger partial charge in [-0.1, -0.05) is 6.92 Å². The minimum Gasteiger partial charge on any atom is -0.388 e. The van der Waals surface area contributed by atoms with E-state index >= 15 is 0 Å². The zero-order valence-corrected chi connectivity index (χ0v) is 14.8. The minimum atomic E-state index is -0.821. The zero-order chi connectivity index (χ0) is 18.2. The van der Waals surface area contributed by atoms with E-state index in [1.54, 1.807) is 7.11 Å². The van der Waals surface area contributed by atoms with Gasteiger partial charge in [0.05, 0.1) is 25.2 Å². The van der Waals surface area contributed by atoms with E-state index in [0.29, 0.717) is 26.1 Å². The fourth-order valence-electron chi connectivity index (χ4n) is 3.07. The number of methoxy groups -OCH3 is 1. The minimum absolute atomic E-state index is 0.109. The third-order valence-electron chi connectivity index (χ3n) is 4.32. The van der Waals surface area contributed by atoms with Crippen molar-refractivity contribution in [2.45, 2.75) is 56.7 Å². The number of nitrogens with one attached hydrogen (secondary N) is 3. The Kier molecular flexibility index (Phi) is 7.89. The van der Waals surface area contributed by atoms with Crippen LogP contribution in [-0.2, 0) is 19.0 Å². The Morgan fingerprint density at radius 3 is 2.68 bits per heavy atom. The molecule has 0 aromatic carbocycles. The number of urea groups is 1. The van der Waals surface area contributed by atoms with Crippen LogP contribution >= 0.6 is 0 Å². The van der Waals surface area contributed by atoms with Crippen LogP contribution in [0.2, 0.25) is 0 Å². The van der Waals surface area contributed by atoms with Crippen molar-refractivity contribution in [1.29, 1.82) is 0 Å². The normalized spacial score (nSPS) is 30.8. The van der Waals surface area contributed by atoms with Crippen molar-refractivity contribution in [3.8, 4) is 0 Å². The summed E-state index contributed by atoms with van der Waals surface area (Å²) in [5.41, 5.74) is 0. The van der Waals surface area contributed by atoms with Crippen LogP contribution in [0.15, 0.2) is 0 Å². The number of fused-ring (bicyclic) bond motifs is 1. The quantitative estimate of drug-likeness (QED) is 0.398. The number of hydrogen-bond acceptors (Lipinski definition) is 6. The van der Waals surface area contributed by atoms with E-state index in [4.69, 9.17) is 14.2 Å². The molecule has 9 heteroatoms. The first-order valence-electron chi connectivity index (χ1n) is 8.81. The zero-order valence-electron chi connectivity index (χ0n) is 14.8. The molecule has 144 valence electrons. The van der Waals surface area contributed by atoms with E-state index in [-0.39, 0.29) is 37.1 Å². The highest BCUT2D eigenvalue weighted by atomic mass is 16.6. The maximum Gasteiger partial charge on any atom is 0.314 e. The van der Waals surface area contributed by atoms with Crippen LogP contribution in [0.4, 0.5) is 4.79 Å². The lowest BCUT2D eigenvalue weighted by atomic mass is 10.1. The smallest absolute Gasteiger partial charge is 0.314 e. The molecule has 0 aliphatic carbocycles. The van der Waals surface area contributed by atoms with Gasteiger partial charge in [0.2, 0.25) is 5.91 Å². The molecule has 2 saturated heterocycles. The summed E-state index contributed by atoms with van der Waals surface area (Å²) in [7, 11) is 1.57. The van der Waals surface area contributed by atoms with Gasteiger partial charge in [0, 0.05) is 33.2 Å². The summed E-state index contributed by atoms with van der Waals surface area (Å²) in [6.07, 6.45) is -0.660. The Morgan fingerprint density at radius 1 is 1.20 bits per heavy atom. The topological polar surface area (TPSA) is 118 Å². The van der Waals surface area contributed by atoms with E-state index in [1.165, 1.54) is 0 Å². The van der Waals surface area contributed by atoms with Gasteiger partial charge in [-0.2, -0.15) is 0 Å². The summed E-state index contributed by atoms with van der Waals surface area (Å²) in [5.74, 6) is -0.109. The summed E-state index contributed by atoms with van der Waals surface area (Å²) < 4.78 is 16.5. The van der Waals surface area contributed by atoms with Crippen LogP contribution in [0.25, 0.3) is 0 Å². The lowest BCUT2D eigenvalue weighted by molar-refractivity contribution is -0.124. The van der Waals surface area contributed by atoms with Gasteiger partial charge < -0.3 is 35.3 Å². The predicted molar refractivity (Wildman–Crippen MR) is 89.1 cm³/mol. The molecule has 2 fully saturated rings. The number of hydrogen-bond donors (Lipinski definition) is 4. The van der Waals surface area contributed by atoms with E-state index in [9.17, 15) is 14.7 Å². The maximum absolute atomic E-state index is 11.8. The Morgan fingerprint density at radius 2 is 2.00 bits per heavy atom. The van der Waals surface area contributed by atoms with Gasteiger partial charge in [0.15, 0.2) is 0 Å². The Balaban J connectivity index is 1.69. The molecule has 0 bridgehead atoms. The molecular formula is C16H29N3O6. The molecule has 0 aromatic heterocycles. The molecule has 2 rings (SSSR count). The summed E-state index contributed by atoms with van der Waals surface area (Å²) in [5, 5.41) is 18.5. The van der Waals surface area contributed by atoms with Crippen LogP contribution in [0.5, 0.6) is 0 Å². The van der Waals surface area contributed by atoms with Gasteiger partial charge in [0.1, 0.15) is 18.3 Å². The molecule has 5 atom stereocenters. The highest BCUT2D eigenvalue weighted by Gasteiger charge is 2.50. The third kappa shape index (κ3) is 5.81. The highest BCUT2D eigenvalue weighted by Crippen LogP contribution is 2.35. The average Bonchev–Trinajstić information content (AvgIpc) is 3.10. The lowest BCUT2D eigenvalue weighted by Crippen LogP contribution is -2.44. The molecule has 2 heterocycles. The summed E-state index contributed by atoms with van der Waals surface area (Å²) in [6, 6.07) is -0.277. The Labute approximate surface area is 147 Å². The first kappa shape index (κ1) is 19.9. The number of ether oxygens (including phenoxy) is 3. The van der Waals surface area contributed by atoms with Gasteiger partial charge in [-0.3, -0.25) is 4.79 Å². The largest absolute Gasteiger partial charge is 0.388 e. The fourth-order valence-corrected chi connectivity index (χ4v) is 3.07. The number of carbonyl (C=O) groups is 2. The van der Waals surface area contributed by atoms with Gasteiger partial charge in [0.25, 0.3) is 0 Å². The molecule has 25 heavy (non-hydrogen) atoms. The van der Waals surface area contributed by atoms with Gasteiger partial charge >= 0.3 is 6.03 Å². The van der Waals surface area contributed by atoms with Crippen molar-refractivity contribution in [2.24, 2.45) is 0 Å². The highest BCUT2D eigenvalue weighted by molar-refractivity contribution is 5.76. The molecule has 2 aliphatic rings. The number of aliphatic hydroxyl groups is 1. The van der Waals surface area contributed by atoms with E-state index in [2.05, 4.69) is 16.0 Å². The van der Waals surface area contributed by atoms with Crippen molar-refractivity contribution in [2.75, 3.05) is 33.4 Å². The van der Waals surface area contributed by atoms with E-state index in [1.807, 2.05) is 6.92 Å². The molecule has 0 aromatic rings. The van der Waals surface area contributed by atoms with Crippen LogP contribution in [0, 0.1) is 0 Å². The maximum atomic E-state index is 11.8. The van der Waals surface area contributed by atoms with Crippen LogP contribution in [0.3, 0.4) is 0 Å². The predicted octanol–water partition coefficient (Wildman–Crippen LogP) is -0.866.